The lowest BCUT2D eigenvalue weighted by Gasteiger charge is -2.38. The summed E-state index contributed by atoms with van der Waals surface area (Å²) in [7, 11) is -4.03. The van der Waals surface area contributed by atoms with Gasteiger partial charge in [0, 0.05) is 12.0 Å². The van der Waals surface area contributed by atoms with Crippen LogP contribution in [0.4, 0.5) is 10.1 Å². The third-order valence-electron chi connectivity index (χ3n) is 6.05. The Hall–Kier alpha value is -3.10. The maximum absolute atomic E-state index is 14.1. The number of hydrogen-bond donors (Lipinski definition) is 1. The van der Waals surface area contributed by atoms with Gasteiger partial charge in [-0.2, -0.15) is 0 Å². The van der Waals surface area contributed by atoms with Crippen molar-refractivity contribution in [1.29, 1.82) is 0 Å². The molecule has 9 heteroatoms. The molecular weight excluding hydrogens is 493 g/mol. The minimum atomic E-state index is -4.03. The minimum Gasteiger partial charge on any atom is -0.486 e. The van der Waals surface area contributed by atoms with Gasteiger partial charge in [0.1, 0.15) is 17.7 Å². The number of halogens is 2. The zero-order valence-electron chi connectivity index (χ0n) is 19.5. The van der Waals surface area contributed by atoms with Gasteiger partial charge < -0.3 is 9.84 Å². The summed E-state index contributed by atoms with van der Waals surface area (Å²) < 4.78 is 49.0. The van der Waals surface area contributed by atoms with Crippen molar-refractivity contribution < 1.29 is 27.4 Å². The van der Waals surface area contributed by atoms with Crippen molar-refractivity contribution in [2.75, 3.05) is 10.8 Å². The number of carboxylic acid groups (broad SMARTS) is 1. The second kappa shape index (κ2) is 9.17. The highest BCUT2D eigenvalue weighted by Gasteiger charge is 2.39. The van der Waals surface area contributed by atoms with Crippen molar-refractivity contribution in [1.82, 2.24) is 0 Å². The number of rotatable bonds is 6. The molecule has 4 rings (SSSR count). The lowest BCUT2D eigenvalue weighted by Crippen LogP contribution is -2.46. The fourth-order valence-electron chi connectivity index (χ4n) is 4.10. The van der Waals surface area contributed by atoms with Crippen LogP contribution in [0.5, 0.6) is 5.75 Å². The lowest BCUT2D eigenvalue weighted by atomic mass is 9.86. The number of benzene rings is 3. The van der Waals surface area contributed by atoms with Crippen molar-refractivity contribution >= 4 is 33.3 Å². The standard InChI is InChI=1S/C26H25ClFNO5S/c1-16-6-4-7-19(12-16)35(32,33)29-15-18(14-26(2,3)25(30)31)34-23-11-10-17(13-22(23)29)20-8-5-9-21(28)24(20)27/h4-13,18H,14-15H2,1-3H3,(H,30,31)/t18-/m0/s1. The van der Waals surface area contributed by atoms with Gasteiger partial charge in [0.15, 0.2) is 0 Å². The van der Waals surface area contributed by atoms with Gasteiger partial charge in [0.2, 0.25) is 0 Å². The van der Waals surface area contributed by atoms with Crippen LogP contribution >= 0.6 is 11.6 Å². The van der Waals surface area contributed by atoms with E-state index in [1.807, 2.05) is 0 Å². The molecule has 3 aromatic carbocycles. The molecule has 1 atom stereocenters. The second-order valence-corrected chi connectivity index (χ2v) is 11.5. The number of aryl methyl sites for hydroxylation is 1. The number of anilines is 1. The number of nitrogens with zero attached hydrogens (tertiary/aromatic N) is 1. The summed E-state index contributed by atoms with van der Waals surface area (Å²) in [6.07, 6.45) is -0.601. The highest BCUT2D eigenvalue weighted by atomic mass is 35.5. The summed E-state index contributed by atoms with van der Waals surface area (Å²) >= 11 is 6.18. The van der Waals surface area contributed by atoms with Crippen LogP contribution in [0, 0.1) is 18.2 Å². The molecule has 0 aromatic heterocycles. The van der Waals surface area contributed by atoms with Crippen molar-refractivity contribution in [2.24, 2.45) is 5.41 Å². The van der Waals surface area contributed by atoms with E-state index >= 15 is 0 Å². The zero-order chi connectivity index (χ0) is 25.5. The molecular formula is C26H25ClFNO5S. The molecule has 0 saturated carbocycles. The van der Waals surface area contributed by atoms with Crippen LogP contribution in [0.15, 0.2) is 65.6 Å². The number of ether oxygens (including phenoxy) is 1. The smallest absolute Gasteiger partial charge is 0.309 e. The largest absolute Gasteiger partial charge is 0.486 e. The molecule has 184 valence electrons. The molecule has 0 fully saturated rings. The molecule has 3 aromatic rings. The molecule has 6 nitrogen and oxygen atoms in total. The van der Waals surface area contributed by atoms with Gasteiger partial charge in [-0.05, 0) is 62.2 Å². The summed E-state index contributed by atoms with van der Waals surface area (Å²) in [6, 6.07) is 15.8. The van der Waals surface area contributed by atoms with Gasteiger partial charge in [0.25, 0.3) is 10.0 Å². The van der Waals surface area contributed by atoms with E-state index in [0.29, 0.717) is 11.1 Å². The second-order valence-electron chi connectivity index (χ2n) is 9.27. The summed E-state index contributed by atoms with van der Waals surface area (Å²) in [5, 5.41) is 9.51. The molecule has 1 heterocycles. The van der Waals surface area contributed by atoms with Crippen LogP contribution in [0.2, 0.25) is 5.02 Å². The molecule has 0 spiro atoms. The van der Waals surface area contributed by atoms with Gasteiger partial charge >= 0.3 is 5.97 Å². The van der Waals surface area contributed by atoms with E-state index < -0.39 is 33.3 Å². The first kappa shape index (κ1) is 25.0. The van der Waals surface area contributed by atoms with Crippen LogP contribution in [-0.2, 0) is 14.8 Å². The maximum Gasteiger partial charge on any atom is 0.309 e. The van der Waals surface area contributed by atoms with Crippen molar-refractivity contribution in [2.45, 2.75) is 38.2 Å². The van der Waals surface area contributed by atoms with Crippen LogP contribution in [0.3, 0.4) is 0 Å². The first-order valence-electron chi connectivity index (χ1n) is 11.0. The molecule has 1 aliphatic rings. The molecule has 1 N–H and O–H groups in total. The van der Waals surface area contributed by atoms with E-state index in [4.69, 9.17) is 16.3 Å². The molecule has 1 aliphatic heterocycles. The fraction of sp³-hybridized carbons (Fsp3) is 0.269. The van der Waals surface area contributed by atoms with Crippen LogP contribution in [-0.4, -0.2) is 32.1 Å². The average molecular weight is 518 g/mol. The number of fused-ring (bicyclic) bond motifs is 1. The number of hydrogen-bond acceptors (Lipinski definition) is 4. The first-order valence-corrected chi connectivity index (χ1v) is 12.8. The number of aliphatic carboxylic acids is 1. The van der Waals surface area contributed by atoms with E-state index in [1.54, 1.807) is 63.2 Å². The third-order valence-corrected chi connectivity index (χ3v) is 8.21. The quantitative estimate of drug-likeness (QED) is 0.439. The third kappa shape index (κ3) is 4.86. The summed E-state index contributed by atoms with van der Waals surface area (Å²) in [4.78, 5) is 11.8. The van der Waals surface area contributed by atoms with E-state index in [2.05, 4.69) is 0 Å². The highest BCUT2D eigenvalue weighted by Crippen LogP contribution is 2.43. The van der Waals surface area contributed by atoms with Crippen LogP contribution in [0.25, 0.3) is 11.1 Å². The van der Waals surface area contributed by atoms with Crippen molar-refractivity contribution in [3.05, 3.63) is 77.1 Å². The van der Waals surface area contributed by atoms with Crippen molar-refractivity contribution in [3.63, 3.8) is 0 Å². The normalized spacial score (nSPS) is 15.9. The Labute approximate surface area is 209 Å². The van der Waals surface area contributed by atoms with Gasteiger partial charge in [-0.25, -0.2) is 12.8 Å². The predicted octanol–water partition coefficient (Wildman–Crippen LogP) is 5.91. The Kier molecular flexibility index (Phi) is 6.55. The topological polar surface area (TPSA) is 83.9 Å². The van der Waals surface area contributed by atoms with Crippen LogP contribution in [0.1, 0.15) is 25.8 Å². The monoisotopic (exact) mass is 517 g/mol. The molecule has 0 bridgehead atoms. The van der Waals surface area contributed by atoms with Crippen LogP contribution < -0.4 is 9.04 Å². The van der Waals surface area contributed by atoms with Gasteiger partial charge in [-0.3, -0.25) is 9.10 Å². The number of carbonyl (C=O) groups is 1. The Morgan fingerprint density at radius 1 is 1.17 bits per heavy atom. The highest BCUT2D eigenvalue weighted by molar-refractivity contribution is 7.92. The summed E-state index contributed by atoms with van der Waals surface area (Å²) in [5.74, 6) is -1.30. The number of sulfonamides is 1. The van der Waals surface area contributed by atoms with E-state index in [9.17, 15) is 22.7 Å². The minimum absolute atomic E-state index is 0.0710. The predicted molar refractivity (Wildman–Crippen MR) is 133 cm³/mol. The molecule has 0 radical (unpaired) electrons. The lowest BCUT2D eigenvalue weighted by molar-refractivity contribution is -0.148. The summed E-state index contributed by atoms with van der Waals surface area (Å²) in [6.45, 7) is 4.86. The van der Waals surface area contributed by atoms with E-state index in [-0.39, 0.29) is 34.3 Å². The Balaban J connectivity index is 1.84. The molecule has 35 heavy (non-hydrogen) atoms. The first-order chi connectivity index (χ1) is 16.4. The SMILES string of the molecule is Cc1cccc(S(=O)(=O)N2C[C@H](CC(C)(C)C(=O)O)Oc3ccc(-c4cccc(F)c4Cl)cc32)c1. The maximum atomic E-state index is 14.1. The molecule has 0 aliphatic carbocycles. The van der Waals surface area contributed by atoms with E-state index in [0.717, 1.165) is 5.56 Å². The van der Waals surface area contributed by atoms with Gasteiger partial charge in [0.05, 0.1) is 27.6 Å². The van der Waals surface area contributed by atoms with Crippen molar-refractivity contribution in [3.8, 4) is 16.9 Å². The fourth-order valence-corrected chi connectivity index (χ4v) is 5.94. The summed E-state index contributed by atoms with van der Waals surface area (Å²) in [5.41, 5.74) is 0.856. The molecule has 0 saturated heterocycles. The van der Waals surface area contributed by atoms with E-state index in [1.165, 1.54) is 22.5 Å². The average Bonchev–Trinajstić information content (AvgIpc) is 2.79. The van der Waals surface area contributed by atoms with Gasteiger partial charge in [-0.15, -0.1) is 0 Å². The van der Waals surface area contributed by atoms with Gasteiger partial charge in [-0.1, -0.05) is 41.9 Å². The Bertz CT molecular complexity index is 1410. The molecule has 0 unspecified atom stereocenters. The Morgan fingerprint density at radius 2 is 1.89 bits per heavy atom. The molecule has 0 amide bonds. The number of carboxylic acids is 1. The zero-order valence-corrected chi connectivity index (χ0v) is 21.0. The Morgan fingerprint density at radius 3 is 2.57 bits per heavy atom.